The second-order valence-corrected chi connectivity index (χ2v) is 17.2. The molecule has 1 aliphatic rings. The van der Waals surface area contributed by atoms with Gasteiger partial charge in [-0.3, -0.25) is 32.5 Å². The molecule has 1 amide bonds. The van der Waals surface area contributed by atoms with Crippen LogP contribution in [0.25, 0.3) is 11.2 Å². The number of aliphatic hydroxyl groups excluding tert-OH is 2. The molecule has 3 rings (SSSR count). The quantitative estimate of drug-likeness (QED) is 0.0211. The van der Waals surface area contributed by atoms with E-state index in [9.17, 15) is 63.0 Å². The molecule has 7 atom stereocenters. The Morgan fingerprint density at radius 3 is 2.46 bits per heavy atom. The number of carboxylic acid groups (broad SMARTS) is 1. The Bertz CT molecular complexity index is 1840. The van der Waals surface area contributed by atoms with Crippen LogP contribution in [0.1, 0.15) is 32.9 Å². The number of thioether (sulfide) groups is 1. The Balaban J connectivity index is 1.53. The van der Waals surface area contributed by atoms with Crippen LogP contribution < -0.4 is 16.2 Å². The van der Waals surface area contributed by atoms with E-state index in [2.05, 4.69) is 34.1 Å². The maximum absolute atomic E-state index is 12.6. The number of nitrogens with zero attached hydrogens (tertiary/aromatic N) is 5. The summed E-state index contributed by atoms with van der Waals surface area (Å²) >= 11 is 0.686. The molecule has 10 N–H and O–H groups in total. The van der Waals surface area contributed by atoms with Crippen LogP contribution in [0, 0.1) is 5.41 Å². The van der Waals surface area contributed by atoms with Crippen molar-refractivity contribution >= 4 is 75.1 Å². The third-order valence-corrected chi connectivity index (χ3v) is 11.0. The minimum atomic E-state index is -5.59. The van der Waals surface area contributed by atoms with E-state index in [1.807, 2.05) is 0 Å². The van der Waals surface area contributed by atoms with E-state index < -0.39 is 102 Å². The number of hydrogen-bond donors (Lipinski definition) is 9. The Hall–Kier alpha value is -2.97. The summed E-state index contributed by atoms with van der Waals surface area (Å²) < 4.78 is 61.8. The van der Waals surface area contributed by atoms with Crippen molar-refractivity contribution in [3.63, 3.8) is 0 Å². The maximum Gasteiger partial charge on any atom is 0.481 e. The van der Waals surface area contributed by atoms with Gasteiger partial charge in [0.2, 0.25) is 5.91 Å². The molecule has 0 saturated carbocycles. The fourth-order valence-corrected chi connectivity index (χ4v) is 7.89. The number of carbonyl (C=O) groups is 3. The van der Waals surface area contributed by atoms with E-state index in [4.69, 9.17) is 24.6 Å². The number of nitrogen functional groups attached to an aromatic ring is 1. The number of hydrogen-bond acceptors (Lipinski definition) is 20. The molecule has 1 fully saturated rings. The van der Waals surface area contributed by atoms with Gasteiger partial charge in [0.1, 0.15) is 42.7 Å². The Morgan fingerprint density at radius 2 is 1.81 bits per heavy atom. The topological polar surface area (TPSA) is 407 Å². The third kappa shape index (κ3) is 13.6. The summed E-state index contributed by atoms with van der Waals surface area (Å²) in [6.45, 7) is -0.0451. The minimum Gasteiger partial charge on any atom is -0.862 e. The lowest BCUT2D eigenvalue weighted by Gasteiger charge is -2.30. The van der Waals surface area contributed by atoms with Gasteiger partial charge in [0, 0.05) is 24.3 Å². The molecule has 1 saturated heterocycles. The molecule has 0 radical (unpaired) electrons. The van der Waals surface area contributed by atoms with Gasteiger partial charge in [-0.1, -0.05) is 25.6 Å². The van der Waals surface area contributed by atoms with Crippen molar-refractivity contribution in [1.29, 1.82) is 0 Å². The number of ether oxygens (including phenoxy) is 1. The van der Waals surface area contributed by atoms with E-state index >= 15 is 0 Å². The molecule has 304 valence electrons. The van der Waals surface area contributed by atoms with Gasteiger partial charge in [-0.15, -0.1) is 0 Å². The zero-order chi connectivity index (χ0) is 40.6. The number of imidazole rings is 1. The van der Waals surface area contributed by atoms with E-state index in [0.29, 0.717) is 11.8 Å². The molecule has 54 heavy (non-hydrogen) atoms. The number of nitrogens with one attached hydrogen (secondary N) is 1. The number of aliphatic carboxylic acids is 1. The van der Waals surface area contributed by atoms with E-state index in [-0.39, 0.29) is 42.2 Å². The number of fused-ring (bicyclic) bond motifs is 1. The number of nitrogens with two attached hydrogens (primary N) is 1. The predicted molar refractivity (Wildman–Crippen MR) is 179 cm³/mol. The van der Waals surface area contributed by atoms with Crippen LogP contribution in [-0.4, -0.2) is 134 Å². The molecule has 0 spiro atoms. The molecule has 2 unspecified atom stereocenters. The van der Waals surface area contributed by atoms with Gasteiger partial charge in [-0.2, -0.15) is 4.31 Å². The molecule has 0 bridgehead atoms. The standard InChI is InChI=1S/C24H38N7O19P3S/c1-24(2,19(37)22(38)27-4-3-13(32)26-5-6-54-15(35)7-14(33)34)9-47-53(44,45)50-52(42,43)46-8-12-18(49-51(39,40)41)17(36)23(48-12)31-11-30-16-20(25)28-10-29-21(16)31/h10-12,17-19,23,36-37H,3-9H2,1-2H3,(H,26,32)(H,27,38)(H,33,34)(H,42,43)(H,44,45)(H2,25,28,29)(H2,39,40,41)/p-1/t12-,17-,18-,19+,23-/m1/s1. The average Bonchev–Trinajstić information content (AvgIpc) is 3.60. The van der Waals surface area contributed by atoms with Crippen LogP contribution in [0.2, 0.25) is 0 Å². The summed E-state index contributed by atoms with van der Waals surface area (Å²) in [6, 6.07) is 0. The zero-order valence-electron chi connectivity index (χ0n) is 28.1. The van der Waals surface area contributed by atoms with E-state index in [1.165, 1.54) is 13.8 Å². The van der Waals surface area contributed by atoms with Crippen molar-refractivity contribution in [3.05, 3.63) is 12.7 Å². The fourth-order valence-electron chi connectivity index (χ4n) is 4.43. The molecule has 2 aromatic heterocycles. The smallest absolute Gasteiger partial charge is 0.481 e. The van der Waals surface area contributed by atoms with Gasteiger partial charge < -0.3 is 60.8 Å². The number of rotatable bonds is 21. The summed E-state index contributed by atoms with van der Waals surface area (Å²) in [6.07, 6.45) is -7.87. The zero-order valence-corrected chi connectivity index (χ0v) is 31.6. The molecule has 2 aromatic rings. The van der Waals surface area contributed by atoms with Crippen LogP contribution in [0.4, 0.5) is 5.82 Å². The Kier molecular flexibility index (Phi) is 15.8. The molecule has 0 aromatic carbocycles. The van der Waals surface area contributed by atoms with Crippen molar-refractivity contribution < 1.29 is 90.7 Å². The number of aliphatic hydroxyl groups is 2. The van der Waals surface area contributed by atoms with Crippen LogP contribution >= 0.6 is 35.2 Å². The Morgan fingerprint density at radius 1 is 1.15 bits per heavy atom. The average molecular weight is 853 g/mol. The van der Waals surface area contributed by atoms with Crippen molar-refractivity contribution in [2.24, 2.45) is 10.4 Å². The fraction of sp³-hybridized carbons (Fsp3) is 0.625. The predicted octanol–water partition coefficient (Wildman–Crippen LogP) is -2.22. The van der Waals surface area contributed by atoms with Gasteiger partial charge in [-0.25, -0.2) is 28.6 Å². The molecule has 30 heteroatoms. The first-order chi connectivity index (χ1) is 24.9. The molecule has 1 aliphatic heterocycles. The van der Waals surface area contributed by atoms with Crippen molar-refractivity contribution in [2.75, 3.05) is 37.8 Å². The number of phosphoric ester groups is 3. The normalized spacial score (nSPS) is 22.4. The highest BCUT2D eigenvalue weighted by atomic mass is 32.2. The van der Waals surface area contributed by atoms with Gasteiger partial charge in [0.05, 0.1) is 19.5 Å². The van der Waals surface area contributed by atoms with Crippen molar-refractivity contribution in [1.82, 2.24) is 24.8 Å². The molecule has 3 heterocycles. The van der Waals surface area contributed by atoms with Crippen LogP contribution in [-0.2, 0) is 50.7 Å². The number of amides is 1. The number of carboxylic acids is 1. The second-order valence-electron chi connectivity index (χ2n) is 11.8. The summed E-state index contributed by atoms with van der Waals surface area (Å²) in [4.78, 5) is 88.6. The third-order valence-electron chi connectivity index (χ3n) is 7.00. The minimum absolute atomic E-state index is 0.0173. The molecular weight excluding hydrogens is 815 g/mol. The summed E-state index contributed by atoms with van der Waals surface area (Å²) in [5.41, 5.74) is 4.18. The number of carbonyl (C=O) groups excluding carboxylic acids is 2. The SMILES string of the molecule is CC(C)(COP(=O)(O)OP(=O)(O)OC[C@H]1O[C@@H](n2cnc3c(N)ncnc32)[C@H](O)[C@@H]1OP(=O)(O)O)[C@@H](O)C(=O)NCCC([O-])=NCCSC(=O)CC(=O)O. The first-order valence-corrected chi connectivity index (χ1v) is 20.6. The summed E-state index contributed by atoms with van der Waals surface area (Å²) in [5.74, 6) is -3.00. The molecular formula is C24H37N7O19P3S-. The van der Waals surface area contributed by atoms with Crippen molar-refractivity contribution in [2.45, 2.75) is 57.3 Å². The largest absolute Gasteiger partial charge is 0.862 e. The summed E-state index contributed by atoms with van der Waals surface area (Å²) in [5, 5.41) is 43.4. The lowest BCUT2D eigenvalue weighted by atomic mass is 9.87. The number of anilines is 1. The lowest BCUT2D eigenvalue weighted by molar-refractivity contribution is -0.218. The van der Waals surface area contributed by atoms with Crippen molar-refractivity contribution in [3.8, 4) is 0 Å². The van der Waals surface area contributed by atoms with E-state index in [1.54, 1.807) is 0 Å². The highest BCUT2D eigenvalue weighted by molar-refractivity contribution is 8.13. The van der Waals surface area contributed by atoms with Gasteiger partial charge in [-0.05, 0) is 12.3 Å². The second kappa shape index (κ2) is 18.8. The maximum atomic E-state index is 12.6. The molecule has 26 nitrogen and oxygen atoms in total. The highest BCUT2D eigenvalue weighted by Gasteiger charge is 2.50. The number of aliphatic imine (C=N–C) groups is 1. The van der Waals surface area contributed by atoms with Gasteiger partial charge in [0.15, 0.2) is 22.8 Å². The van der Waals surface area contributed by atoms with Crippen LogP contribution in [0.15, 0.2) is 17.6 Å². The lowest BCUT2D eigenvalue weighted by Crippen LogP contribution is -2.46. The van der Waals surface area contributed by atoms with Gasteiger partial charge >= 0.3 is 29.4 Å². The highest BCUT2D eigenvalue weighted by Crippen LogP contribution is 2.61. The summed E-state index contributed by atoms with van der Waals surface area (Å²) in [7, 11) is -16.4. The van der Waals surface area contributed by atoms with Crippen LogP contribution in [0.3, 0.4) is 0 Å². The Labute approximate surface area is 308 Å². The van der Waals surface area contributed by atoms with Crippen LogP contribution in [0.5, 0.6) is 0 Å². The van der Waals surface area contributed by atoms with E-state index in [0.717, 1.165) is 17.2 Å². The van der Waals surface area contributed by atoms with Gasteiger partial charge in [0.25, 0.3) is 0 Å². The number of phosphoric acid groups is 3. The first kappa shape index (κ1) is 45.4. The monoisotopic (exact) mass is 852 g/mol. The molecule has 0 aliphatic carbocycles. The first-order valence-electron chi connectivity index (χ1n) is 15.1. The number of aromatic nitrogens is 4.